The molecule has 0 spiro atoms. The maximum atomic E-state index is 12.9. The molecule has 0 aliphatic rings. The molecule has 5 nitrogen and oxygen atoms in total. The van der Waals surface area contributed by atoms with Crippen molar-refractivity contribution in [2.75, 3.05) is 23.9 Å². The molecule has 4 N–H and O–H groups in total. The molecule has 118 valence electrons. The van der Waals surface area contributed by atoms with Gasteiger partial charge < -0.3 is 16.4 Å². The van der Waals surface area contributed by atoms with Gasteiger partial charge in [-0.15, -0.1) is 12.4 Å². The van der Waals surface area contributed by atoms with Gasteiger partial charge in [-0.1, -0.05) is 6.07 Å². The number of nitrogens with two attached hydrogens (primary N) is 1. The van der Waals surface area contributed by atoms with Crippen molar-refractivity contribution >= 4 is 41.7 Å². The lowest BCUT2D eigenvalue weighted by molar-refractivity contribution is -0.125. The second-order valence-electron chi connectivity index (χ2n) is 4.16. The third kappa shape index (κ3) is 7.89. The highest BCUT2D eigenvalue weighted by atomic mass is 35.5. The monoisotopic (exact) mass is 335 g/mol. The van der Waals surface area contributed by atoms with Gasteiger partial charge in [0.2, 0.25) is 11.8 Å². The third-order valence-corrected chi connectivity index (χ3v) is 3.15. The number of carbonyl (C=O) groups excluding carboxylic acids is 2. The van der Waals surface area contributed by atoms with Gasteiger partial charge in [0.25, 0.3) is 0 Å². The van der Waals surface area contributed by atoms with Gasteiger partial charge in [-0.2, -0.15) is 11.8 Å². The first-order valence-corrected chi connectivity index (χ1v) is 7.50. The molecule has 1 rings (SSSR count). The number of halogens is 2. The van der Waals surface area contributed by atoms with Gasteiger partial charge in [-0.05, 0) is 36.6 Å². The Balaban J connectivity index is 0.00000400. The van der Waals surface area contributed by atoms with E-state index in [0.717, 1.165) is 5.75 Å². The first kappa shape index (κ1) is 19.7. The molecule has 0 heterocycles. The summed E-state index contributed by atoms with van der Waals surface area (Å²) in [5.74, 6) is -0.454. The smallest absolute Gasteiger partial charge is 0.243 e. The first-order valence-electron chi connectivity index (χ1n) is 6.10. The van der Waals surface area contributed by atoms with Crippen LogP contribution < -0.4 is 16.4 Å². The van der Waals surface area contributed by atoms with Crippen LogP contribution in [0.25, 0.3) is 0 Å². The molecule has 21 heavy (non-hydrogen) atoms. The average Bonchev–Trinajstić information content (AvgIpc) is 2.42. The van der Waals surface area contributed by atoms with Crippen LogP contribution in [0, 0.1) is 5.82 Å². The van der Waals surface area contributed by atoms with Crippen LogP contribution in [0.4, 0.5) is 10.1 Å². The van der Waals surface area contributed by atoms with Gasteiger partial charge in [0.1, 0.15) is 5.82 Å². The van der Waals surface area contributed by atoms with Crippen molar-refractivity contribution in [2.24, 2.45) is 5.73 Å². The van der Waals surface area contributed by atoms with Gasteiger partial charge >= 0.3 is 0 Å². The number of hydrogen-bond acceptors (Lipinski definition) is 4. The zero-order chi connectivity index (χ0) is 15.0. The van der Waals surface area contributed by atoms with E-state index in [9.17, 15) is 14.0 Å². The van der Waals surface area contributed by atoms with E-state index in [0.29, 0.717) is 12.1 Å². The largest absolute Gasteiger partial charge is 0.346 e. The molecule has 0 radical (unpaired) electrons. The van der Waals surface area contributed by atoms with Gasteiger partial charge in [-0.25, -0.2) is 4.39 Å². The third-order valence-electron chi connectivity index (χ3n) is 2.50. The fourth-order valence-corrected chi connectivity index (χ4v) is 1.94. The Morgan fingerprint density at radius 2 is 2.14 bits per heavy atom. The molecule has 0 aliphatic heterocycles. The Bertz CT molecular complexity index is 476. The number of carbonyl (C=O) groups is 2. The van der Waals surface area contributed by atoms with Crippen LogP contribution in [0.2, 0.25) is 0 Å². The van der Waals surface area contributed by atoms with Crippen LogP contribution in [-0.4, -0.2) is 36.4 Å². The van der Waals surface area contributed by atoms with Crippen molar-refractivity contribution in [3.05, 3.63) is 30.1 Å². The fraction of sp³-hybridized carbons (Fsp3) is 0.385. The molecule has 0 aromatic heterocycles. The zero-order valence-electron chi connectivity index (χ0n) is 11.6. The van der Waals surface area contributed by atoms with E-state index in [-0.39, 0.29) is 24.9 Å². The normalized spacial score (nSPS) is 11.2. The minimum atomic E-state index is -0.621. The lowest BCUT2D eigenvalue weighted by Gasteiger charge is -2.11. The number of anilines is 1. The van der Waals surface area contributed by atoms with Crippen molar-refractivity contribution in [1.82, 2.24) is 5.32 Å². The van der Waals surface area contributed by atoms with Crippen LogP contribution in [0.15, 0.2) is 24.3 Å². The van der Waals surface area contributed by atoms with Crippen molar-refractivity contribution in [1.29, 1.82) is 0 Å². The van der Waals surface area contributed by atoms with E-state index in [1.807, 2.05) is 6.26 Å². The number of rotatable bonds is 7. The van der Waals surface area contributed by atoms with E-state index in [2.05, 4.69) is 10.6 Å². The highest BCUT2D eigenvalue weighted by Crippen LogP contribution is 2.08. The number of nitrogens with one attached hydrogen (secondary N) is 2. The summed E-state index contributed by atoms with van der Waals surface area (Å²) in [5.41, 5.74) is 6.00. The van der Waals surface area contributed by atoms with Crippen molar-refractivity contribution in [3.8, 4) is 0 Å². The highest BCUT2D eigenvalue weighted by molar-refractivity contribution is 7.98. The van der Waals surface area contributed by atoms with Crippen LogP contribution in [0.5, 0.6) is 0 Å². The summed E-state index contributed by atoms with van der Waals surface area (Å²) < 4.78 is 12.9. The summed E-state index contributed by atoms with van der Waals surface area (Å²) in [6.45, 7) is -0.192. The first-order chi connectivity index (χ1) is 9.52. The Labute approximate surface area is 133 Å². The predicted octanol–water partition coefficient (Wildman–Crippen LogP) is 1.38. The number of hydrogen-bond donors (Lipinski definition) is 3. The van der Waals surface area contributed by atoms with Gasteiger partial charge in [0.15, 0.2) is 0 Å². The predicted molar refractivity (Wildman–Crippen MR) is 86.3 cm³/mol. The van der Waals surface area contributed by atoms with E-state index in [1.165, 1.54) is 18.2 Å². The average molecular weight is 336 g/mol. The van der Waals surface area contributed by atoms with E-state index >= 15 is 0 Å². The van der Waals surface area contributed by atoms with Gasteiger partial charge in [-0.3, -0.25) is 9.59 Å². The maximum Gasteiger partial charge on any atom is 0.243 e. The van der Waals surface area contributed by atoms with E-state index in [1.54, 1.807) is 17.8 Å². The lowest BCUT2D eigenvalue weighted by atomic mass is 10.2. The van der Waals surface area contributed by atoms with Gasteiger partial charge in [0.05, 0.1) is 12.6 Å². The Hall–Kier alpha value is -1.31. The summed E-state index contributed by atoms with van der Waals surface area (Å²) in [4.78, 5) is 23.1. The Morgan fingerprint density at radius 3 is 2.76 bits per heavy atom. The van der Waals surface area contributed by atoms with E-state index < -0.39 is 17.8 Å². The summed E-state index contributed by atoms with van der Waals surface area (Å²) in [7, 11) is 0. The van der Waals surface area contributed by atoms with Crippen LogP contribution in [-0.2, 0) is 9.59 Å². The summed E-state index contributed by atoms with van der Waals surface area (Å²) in [6.07, 6.45) is 2.48. The number of benzene rings is 1. The minimum Gasteiger partial charge on any atom is -0.346 e. The number of amides is 2. The van der Waals surface area contributed by atoms with Crippen molar-refractivity contribution in [2.45, 2.75) is 12.5 Å². The summed E-state index contributed by atoms with van der Waals surface area (Å²) in [6, 6.07) is 4.91. The molecule has 8 heteroatoms. The maximum absolute atomic E-state index is 12.9. The molecule has 2 amide bonds. The minimum absolute atomic E-state index is 0. The van der Waals surface area contributed by atoms with Crippen LogP contribution in [0.1, 0.15) is 6.42 Å². The van der Waals surface area contributed by atoms with E-state index in [4.69, 9.17) is 5.73 Å². The Morgan fingerprint density at radius 1 is 1.43 bits per heavy atom. The summed E-state index contributed by atoms with van der Waals surface area (Å²) >= 11 is 1.60. The second kappa shape index (κ2) is 10.4. The molecular formula is C13H19ClFN3O2S. The number of thioether (sulfide) groups is 1. The second-order valence-corrected chi connectivity index (χ2v) is 5.15. The molecule has 0 unspecified atom stereocenters. The zero-order valence-corrected chi connectivity index (χ0v) is 13.2. The molecule has 0 fully saturated rings. The van der Waals surface area contributed by atoms with Gasteiger partial charge in [0, 0.05) is 5.69 Å². The molecule has 0 bridgehead atoms. The highest BCUT2D eigenvalue weighted by Gasteiger charge is 2.13. The summed E-state index contributed by atoms with van der Waals surface area (Å²) in [5, 5.41) is 4.93. The molecule has 1 aromatic carbocycles. The lowest BCUT2D eigenvalue weighted by Crippen LogP contribution is -2.43. The van der Waals surface area contributed by atoms with Crippen LogP contribution in [0.3, 0.4) is 0 Å². The fourth-order valence-electron chi connectivity index (χ4n) is 1.45. The molecular weight excluding hydrogens is 317 g/mol. The van der Waals surface area contributed by atoms with Crippen molar-refractivity contribution < 1.29 is 14.0 Å². The molecule has 1 atom stereocenters. The van der Waals surface area contributed by atoms with Crippen LogP contribution >= 0.6 is 24.2 Å². The SMILES string of the molecule is CSCC[C@H](N)C(=O)NCC(=O)Nc1cccc(F)c1.Cl. The Kier molecular flexibility index (Phi) is 9.77. The molecule has 0 saturated heterocycles. The van der Waals surface area contributed by atoms with Crippen molar-refractivity contribution in [3.63, 3.8) is 0 Å². The topological polar surface area (TPSA) is 84.2 Å². The standard InChI is InChI=1S/C13H18FN3O2S.ClH/c1-20-6-5-11(15)13(19)16-8-12(18)17-10-4-2-3-9(14)7-10;/h2-4,7,11H,5-6,8,15H2,1H3,(H,16,19)(H,17,18);1H/t11-;/m0./s1. The molecule has 0 aliphatic carbocycles. The quantitative estimate of drug-likeness (QED) is 0.703. The molecule has 1 aromatic rings. The molecule has 0 saturated carbocycles.